The van der Waals surface area contributed by atoms with E-state index in [1.54, 1.807) is 0 Å². The first-order valence-electron chi connectivity index (χ1n) is 11.2. The number of piperidine rings is 1. The van der Waals surface area contributed by atoms with E-state index in [1.807, 2.05) is 16.6 Å². The molecule has 4 rings (SSSR count). The van der Waals surface area contributed by atoms with Crippen LogP contribution in [-0.2, 0) is 29.6 Å². The average Bonchev–Trinajstić information content (AvgIpc) is 3.51. The first-order valence-corrected chi connectivity index (χ1v) is 11.2. The molecule has 7 nitrogen and oxygen atoms in total. The molecule has 2 aliphatic heterocycles. The monoisotopic (exact) mass is 402 g/mol. The van der Waals surface area contributed by atoms with Gasteiger partial charge in [-0.25, -0.2) is 0 Å². The van der Waals surface area contributed by atoms with Crippen molar-refractivity contribution in [3.8, 4) is 0 Å². The summed E-state index contributed by atoms with van der Waals surface area (Å²) in [4.78, 5) is 27.3. The molecule has 0 atom stereocenters. The third-order valence-corrected chi connectivity index (χ3v) is 7.07. The number of nitrogens with one attached hydrogen (secondary N) is 1. The van der Waals surface area contributed by atoms with E-state index in [9.17, 15) is 9.59 Å². The number of carbonyl (C=O) groups is 2. The Morgan fingerprint density at radius 1 is 1.24 bits per heavy atom. The second-order valence-electron chi connectivity index (χ2n) is 9.04. The summed E-state index contributed by atoms with van der Waals surface area (Å²) in [6, 6.07) is 0. The third kappa shape index (κ3) is 4.06. The molecule has 0 bridgehead atoms. The van der Waals surface area contributed by atoms with Crippen LogP contribution in [0.1, 0.15) is 74.1 Å². The summed E-state index contributed by atoms with van der Waals surface area (Å²) in [5.41, 5.74) is 2.31. The van der Waals surface area contributed by atoms with Gasteiger partial charge in [0.15, 0.2) is 5.69 Å². The minimum atomic E-state index is -0.243. The fourth-order valence-electron chi connectivity index (χ4n) is 4.73. The van der Waals surface area contributed by atoms with Crippen LogP contribution in [0.4, 0.5) is 0 Å². The highest BCUT2D eigenvalue weighted by Gasteiger charge is 2.43. The third-order valence-electron chi connectivity index (χ3n) is 7.07. The Morgan fingerprint density at radius 2 is 1.93 bits per heavy atom. The summed E-state index contributed by atoms with van der Waals surface area (Å²) in [6.07, 6.45) is 6.66. The normalized spacial score (nSPS) is 20.8. The van der Waals surface area contributed by atoms with E-state index in [-0.39, 0.29) is 23.3 Å². The summed E-state index contributed by atoms with van der Waals surface area (Å²) in [7, 11) is 1.92. The zero-order valence-electron chi connectivity index (χ0n) is 18.0. The number of amides is 2. The molecule has 1 aromatic rings. The second kappa shape index (κ2) is 8.09. The molecule has 1 aliphatic carbocycles. The quantitative estimate of drug-likeness (QED) is 0.793. The highest BCUT2D eigenvalue weighted by Crippen LogP contribution is 2.37. The van der Waals surface area contributed by atoms with Gasteiger partial charge in [0.25, 0.3) is 5.91 Å². The molecule has 2 amide bonds. The zero-order chi connectivity index (χ0) is 20.6. The number of fused-ring (bicyclic) bond motifs is 1. The molecular formula is C22H34N4O3. The van der Waals surface area contributed by atoms with Crippen LogP contribution in [-0.4, -0.2) is 51.7 Å². The van der Waals surface area contributed by atoms with E-state index in [2.05, 4.69) is 24.3 Å². The topological polar surface area (TPSA) is 76.5 Å². The Morgan fingerprint density at radius 3 is 2.55 bits per heavy atom. The van der Waals surface area contributed by atoms with Crippen LogP contribution in [0.15, 0.2) is 0 Å². The lowest BCUT2D eigenvalue weighted by molar-refractivity contribution is -0.145. The number of likely N-dealkylation sites (tertiary alicyclic amines) is 1. The van der Waals surface area contributed by atoms with Crippen LogP contribution in [0, 0.1) is 11.8 Å². The molecule has 29 heavy (non-hydrogen) atoms. The van der Waals surface area contributed by atoms with Crippen LogP contribution < -0.4 is 5.32 Å². The van der Waals surface area contributed by atoms with Gasteiger partial charge in [0.1, 0.15) is 0 Å². The first-order chi connectivity index (χ1) is 14.0. The fourth-order valence-corrected chi connectivity index (χ4v) is 4.73. The Hall–Kier alpha value is -1.89. The van der Waals surface area contributed by atoms with Crippen molar-refractivity contribution in [2.45, 2.75) is 71.0 Å². The van der Waals surface area contributed by atoms with Gasteiger partial charge in [0.05, 0.1) is 12.2 Å². The molecular weight excluding hydrogens is 368 g/mol. The van der Waals surface area contributed by atoms with Crippen molar-refractivity contribution in [1.29, 1.82) is 0 Å². The van der Waals surface area contributed by atoms with Gasteiger partial charge in [-0.15, -0.1) is 0 Å². The minimum absolute atomic E-state index is 0.0844. The Bertz CT molecular complexity index is 771. The van der Waals surface area contributed by atoms with Gasteiger partial charge in [0.2, 0.25) is 5.91 Å². The summed E-state index contributed by atoms with van der Waals surface area (Å²) >= 11 is 0. The maximum atomic E-state index is 12.7. The predicted molar refractivity (Wildman–Crippen MR) is 109 cm³/mol. The molecule has 1 aromatic heterocycles. The summed E-state index contributed by atoms with van der Waals surface area (Å²) in [5, 5.41) is 7.54. The highest BCUT2D eigenvalue weighted by molar-refractivity contribution is 5.94. The van der Waals surface area contributed by atoms with Crippen molar-refractivity contribution in [2.24, 2.45) is 18.9 Å². The summed E-state index contributed by atoms with van der Waals surface area (Å²) in [5.74, 6) is 0.984. The van der Waals surface area contributed by atoms with Crippen molar-refractivity contribution >= 4 is 11.8 Å². The second-order valence-corrected chi connectivity index (χ2v) is 9.04. The maximum Gasteiger partial charge on any atom is 0.272 e. The van der Waals surface area contributed by atoms with E-state index in [0.717, 1.165) is 63.0 Å². The van der Waals surface area contributed by atoms with Crippen molar-refractivity contribution in [2.75, 3.05) is 19.6 Å². The molecule has 1 saturated carbocycles. The number of hydrogen-bond acceptors (Lipinski definition) is 4. The Kier molecular flexibility index (Phi) is 5.69. The number of nitrogens with zero attached hydrogens (tertiary/aromatic N) is 3. The van der Waals surface area contributed by atoms with Crippen molar-refractivity contribution in [3.05, 3.63) is 17.0 Å². The smallest absolute Gasteiger partial charge is 0.272 e. The number of aryl methyl sites for hydroxylation is 1. The Balaban J connectivity index is 1.41. The Labute approximate surface area is 173 Å². The number of hydrogen-bond donors (Lipinski definition) is 1. The van der Waals surface area contributed by atoms with Gasteiger partial charge >= 0.3 is 0 Å². The van der Waals surface area contributed by atoms with Gasteiger partial charge in [-0.05, 0) is 44.4 Å². The van der Waals surface area contributed by atoms with Crippen LogP contribution >= 0.6 is 0 Å². The summed E-state index contributed by atoms with van der Waals surface area (Å²) < 4.78 is 8.20. The van der Waals surface area contributed by atoms with Gasteiger partial charge < -0.3 is 15.0 Å². The van der Waals surface area contributed by atoms with E-state index in [1.165, 1.54) is 12.8 Å². The van der Waals surface area contributed by atoms with Crippen LogP contribution in [0.25, 0.3) is 0 Å². The van der Waals surface area contributed by atoms with E-state index in [0.29, 0.717) is 18.2 Å². The van der Waals surface area contributed by atoms with E-state index >= 15 is 0 Å². The first kappa shape index (κ1) is 20.4. The molecule has 0 unspecified atom stereocenters. The molecule has 160 valence electrons. The molecule has 2 fully saturated rings. The molecule has 0 aromatic carbocycles. The largest absolute Gasteiger partial charge is 0.370 e. The number of carbonyl (C=O) groups excluding carboxylic acids is 2. The highest BCUT2D eigenvalue weighted by atomic mass is 16.5. The molecule has 3 heterocycles. The lowest BCUT2D eigenvalue weighted by atomic mass is 9.83. The van der Waals surface area contributed by atoms with Crippen molar-refractivity contribution in [1.82, 2.24) is 20.0 Å². The van der Waals surface area contributed by atoms with Crippen LogP contribution in [0.2, 0.25) is 0 Å². The zero-order valence-corrected chi connectivity index (χ0v) is 18.0. The van der Waals surface area contributed by atoms with Crippen molar-refractivity contribution < 1.29 is 14.3 Å². The number of ether oxygens (including phenoxy) is 1. The van der Waals surface area contributed by atoms with Crippen molar-refractivity contribution in [3.63, 3.8) is 0 Å². The molecule has 3 aliphatic rings. The minimum Gasteiger partial charge on any atom is -0.370 e. The SMILES string of the molecule is CCC(CC)C(=O)N1CCC2(CC1)Cc1c(c(C(=O)NCC3CC3)nn1C)CO2. The molecule has 1 spiro atoms. The van der Waals surface area contributed by atoms with Gasteiger partial charge in [-0.2, -0.15) is 5.10 Å². The van der Waals surface area contributed by atoms with Gasteiger partial charge in [-0.3, -0.25) is 14.3 Å². The average molecular weight is 403 g/mol. The molecule has 7 heteroatoms. The fraction of sp³-hybridized carbons (Fsp3) is 0.773. The van der Waals surface area contributed by atoms with Gasteiger partial charge in [-0.1, -0.05) is 13.8 Å². The lowest BCUT2D eigenvalue weighted by Crippen LogP contribution is -2.51. The van der Waals surface area contributed by atoms with Gasteiger partial charge in [0, 0.05) is 50.3 Å². The summed E-state index contributed by atoms with van der Waals surface area (Å²) in [6.45, 7) is 6.84. The van der Waals surface area contributed by atoms with E-state index < -0.39 is 0 Å². The van der Waals surface area contributed by atoms with Crippen LogP contribution in [0.3, 0.4) is 0 Å². The van der Waals surface area contributed by atoms with Crippen LogP contribution in [0.5, 0.6) is 0 Å². The molecule has 1 saturated heterocycles. The van der Waals surface area contributed by atoms with E-state index in [4.69, 9.17) is 4.74 Å². The number of aromatic nitrogens is 2. The maximum absolute atomic E-state index is 12.7. The molecule has 1 N–H and O–H groups in total. The molecule has 0 radical (unpaired) electrons. The predicted octanol–water partition coefficient (Wildman–Crippen LogP) is 2.43. The lowest BCUT2D eigenvalue weighted by Gasteiger charge is -2.44. The standard InChI is InChI=1S/C22H34N4O3/c1-4-16(5-2)21(28)26-10-8-22(9-11-26)12-18-17(14-29-22)19(24-25(18)3)20(27)23-13-15-6-7-15/h15-16H,4-14H2,1-3H3,(H,23,27). The number of rotatable bonds is 6.